The summed E-state index contributed by atoms with van der Waals surface area (Å²) in [6.45, 7) is 5.02. The van der Waals surface area contributed by atoms with Crippen LogP contribution in [0.25, 0.3) is 0 Å². The van der Waals surface area contributed by atoms with Crippen molar-refractivity contribution >= 4 is 5.91 Å². The van der Waals surface area contributed by atoms with Crippen molar-refractivity contribution in [1.29, 1.82) is 0 Å². The number of nitrogens with two attached hydrogens (primary N) is 1. The number of carbonyl (C=O) groups is 1. The van der Waals surface area contributed by atoms with Crippen LogP contribution in [0, 0.1) is 0 Å². The maximum atomic E-state index is 12.4. The molecule has 0 radical (unpaired) electrons. The highest BCUT2D eigenvalue weighted by molar-refractivity contribution is 5.76. The first-order valence-electron chi connectivity index (χ1n) is 7.66. The van der Waals surface area contributed by atoms with Crippen LogP contribution in [0.5, 0.6) is 0 Å². The highest BCUT2D eigenvalue weighted by Crippen LogP contribution is 2.23. The van der Waals surface area contributed by atoms with Gasteiger partial charge in [0.2, 0.25) is 5.91 Å². The normalized spacial score (nSPS) is 25.1. The second-order valence-electron chi connectivity index (χ2n) is 5.74. The molecule has 0 aliphatic heterocycles. The first kappa shape index (κ1) is 16.4. The molecule has 1 unspecified atom stereocenters. The number of rotatable bonds is 7. The zero-order chi connectivity index (χ0) is 14.3. The molecule has 1 atom stereocenters. The van der Waals surface area contributed by atoms with Gasteiger partial charge in [-0.2, -0.15) is 0 Å². The molecule has 1 amide bonds. The largest absolute Gasteiger partial charge is 0.382 e. The highest BCUT2D eigenvalue weighted by atomic mass is 16.5. The van der Waals surface area contributed by atoms with Gasteiger partial charge in [-0.15, -0.1) is 0 Å². The van der Waals surface area contributed by atoms with Crippen LogP contribution in [-0.2, 0) is 9.53 Å². The van der Waals surface area contributed by atoms with Gasteiger partial charge in [-0.05, 0) is 45.4 Å². The molecule has 4 heteroatoms. The average molecular weight is 270 g/mol. The van der Waals surface area contributed by atoms with Gasteiger partial charge in [-0.3, -0.25) is 4.79 Å². The lowest BCUT2D eigenvalue weighted by Gasteiger charge is -2.36. The van der Waals surface area contributed by atoms with E-state index in [0.29, 0.717) is 18.5 Å². The monoisotopic (exact) mass is 270 g/mol. The van der Waals surface area contributed by atoms with E-state index in [1.165, 1.54) is 0 Å². The van der Waals surface area contributed by atoms with Crippen molar-refractivity contribution in [1.82, 2.24) is 4.90 Å². The lowest BCUT2D eigenvalue weighted by molar-refractivity contribution is -0.135. The van der Waals surface area contributed by atoms with Gasteiger partial charge in [0.25, 0.3) is 0 Å². The fourth-order valence-electron chi connectivity index (χ4n) is 2.75. The number of hydrogen-bond acceptors (Lipinski definition) is 3. The van der Waals surface area contributed by atoms with Crippen LogP contribution in [-0.4, -0.2) is 42.6 Å². The van der Waals surface area contributed by atoms with E-state index >= 15 is 0 Å². The molecule has 1 aliphatic carbocycles. The van der Waals surface area contributed by atoms with Crippen molar-refractivity contribution in [3.63, 3.8) is 0 Å². The van der Waals surface area contributed by atoms with Crippen LogP contribution in [0.1, 0.15) is 58.8 Å². The lowest BCUT2D eigenvalue weighted by Crippen LogP contribution is -2.44. The lowest BCUT2D eigenvalue weighted by atomic mass is 9.90. The van der Waals surface area contributed by atoms with Gasteiger partial charge >= 0.3 is 0 Å². The molecule has 0 aromatic heterocycles. The molecular formula is C15H30N2O2. The van der Waals surface area contributed by atoms with Crippen LogP contribution in [0.3, 0.4) is 0 Å². The predicted molar refractivity (Wildman–Crippen MR) is 77.9 cm³/mol. The topological polar surface area (TPSA) is 55.6 Å². The van der Waals surface area contributed by atoms with Gasteiger partial charge in [0.05, 0.1) is 6.10 Å². The summed E-state index contributed by atoms with van der Waals surface area (Å²) in [5, 5.41) is 0. The Balaban J connectivity index is 2.48. The third kappa shape index (κ3) is 5.49. The number of nitrogens with zero attached hydrogens (tertiary/aromatic N) is 1. The highest BCUT2D eigenvalue weighted by Gasteiger charge is 2.26. The molecule has 1 fully saturated rings. The van der Waals surface area contributed by atoms with Crippen molar-refractivity contribution in [3.8, 4) is 0 Å². The average Bonchev–Trinajstić information content (AvgIpc) is 2.43. The van der Waals surface area contributed by atoms with Crippen LogP contribution >= 0.6 is 0 Å². The van der Waals surface area contributed by atoms with Crippen molar-refractivity contribution in [3.05, 3.63) is 0 Å². The SMILES string of the molecule is CCCN(C(=O)CCC(C)OC)C1CCC(N)CC1. The van der Waals surface area contributed by atoms with E-state index in [9.17, 15) is 4.79 Å². The first-order chi connectivity index (χ1) is 9.08. The van der Waals surface area contributed by atoms with E-state index in [1.54, 1.807) is 7.11 Å². The fraction of sp³-hybridized carbons (Fsp3) is 0.933. The number of hydrogen-bond donors (Lipinski definition) is 1. The molecular weight excluding hydrogens is 240 g/mol. The predicted octanol–water partition coefficient (Wildman–Crippen LogP) is 2.31. The van der Waals surface area contributed by atoms with E-state index in [-0.39, 0.29) is 12.0 Å². The molecule has 0 bridgehead atoms. The van der Waals surface area contributed by atoms with Crippen molar-refractivity contribution in [2.45, 2.75) is 77.0 Å². The summed E-state index contributed by atoms with van der Waals surface area (Å²) >= 11 is 0. The molecule has 4 nitrogen and oxygen atoms in total. The molecule has 0 spiro atoms. The second kappa shape index (κ2) is 8.54. The number of ether oxygens (including phenoxy) is 1. The van der Waals surface area contributed by atoms with Crippen LogP contribution in [0.4, 0.5) is 0 Å². The third-order valence-electron chi connectivity index (χ3n) is 4.13. The molecule has 112 valence electrons. The zero-order valence-corrected chi connectivity index (χ0v) is 12.7. The smallest absolute Gasteiger partial charge is 0.222 e. The van der Waals surface area contributed by atoms with Gasteiger partial charge in [0.1, 0.15) is 0 Å². The van der Waals surface area contributed by atoms with E-state index in [1.807, 2.05) is 6.92 Å². The van der Waals surface area contributed by atoms with Gasteiger partial charge in [0, 0.05) is 32.2 Å². The molecule has 0 heterocycles. The molecule has 1 aliphatic rings. The quantitative estimate of drug-likeness (QED) is 0.772. The van der Waals surface area contributed by atoms with E-state index in [4.69, 9.17) is 10.5 Å². The summed E-state index contributed by atoms with van der Waals surface area (Å²) in [5.74, 6) is 0.284. The Morgan fingerprint density at radius 2 is 2.00 bits per heavy atom. The van der Waals surface area contributed by atoms with E-state index in [0.717, 1.165) is 45.1 Å². The second-order valence-corrected chi connectivity index (χ2v) is 5.74. The number of carbonyl (C=O) groups excluding carboxylic acids is 1. The summed E-state index contributed by atoms with van der Waals surface area (Å²) in [6, 6.07) is 0.744. The van der Waals surface area contributed by atoms with Gasteiger partial charge in [-0.1, -0.05) is 6.92 Å². The number of methoxy groups -OCH3 is 1. The minimum absolute atomic E-state index is 0.159. The Bertz CT molecular complexity index is 263. The Hall–Kier alpha value is -0.610. The van der Waals surface area contributed by atoms with Crippen molar-refractivity contribution < 1.29 is 9.53 Å². The van der Waals surface area contributed by atoms with Crippen LogP contribution in [0.2, 0.25) is 0 Å². The molecule has 0 saturated heterocycles. The fourth-order valence-corrected chi connectivity index (χ4v) is 2.75. The maximum absolute atomic E-state index is 12.4. The summed E-state index contributed by atoms with van der Waals surface area (Å²) in [6.07, 6.45) is 6.80. The zero-order valence-electron chi connectivity index (χ0n) is 12.7. The van der Waals surface area contributed by atoms with E-state index in [2.05, 4.69) is 11.8 Å². The molecule has 0 aromatic carbocycles. The van der Waals surface area contributed by atoms with Crippen molar-refractivity contribution in [2.24, 2.45) is 5.73 Å². The third-order valence-corrected chi connectivity index (χ3v) is 4.13. The number of amides is 1. The van der Waals surface area contributed by atoms with Crippen molar-refractivity contribution in [2.75, 3.05) is 13.7 Å². The van der Waals surface area contributed by atoms with Gasteiger partial charge in [0.15, 0.2) is 0 Å². The minimum Gasteiger partial charge on any atom is -0.382 e. The Labute approximate surface area is 117 Å². The molecule has 1 rings (SSSR count). The minimum atomic E-state index is 0.159. The Morgan fingerprint density at radius 3 is 2.53 bits per heavy atom. The Kier molecular flexibility index (Phi) is 7.39. The Morgan fingerprint density at radius 1 is 1.37 bits per heavy atom. The van der Waals surface area contributed by atoms with Gasteiger partial charge in [-0.25, -0.2) is 0 Å². The summed E-state index contributed by atoms with van der Waals surface area (Å²) < 4.78 is 5.21. The summed E-state index contributed by atoms with van der Waals surface area (Å²) in [5.41, 5.74) is 5.94. The standard InChI is InChI=1S/C15H30N2O2/c1-4-11-17(14-8-6-13(16)7-9-14)15(18)10-5-12(2)19-3/h12-14H,4-11,16H2,1-3H3. The first-order valence-corrected chi connectivity index (χ1v) is 7.66. The van der Waals surface area contributed by atoms with Crippen LogP contribution in [0.15, 0.2) is 0 Å². The van der Waals surface area contributed by atoms with E-state index < -0.39 is 0 Å². The van der Waals surface area contributed by atoms with Gasteiger partial charge < -0.3 is 15.4 Å². The molecule has 0 aromatic rings. The maximum Gasteiger partial charge on any atom is 0.222 e. The summed E-state index contributed by atoms with van der Waals surface area (Å²) in [4.78, 5) is 14.5. The molecule has 19 heavy (non-hydrogen) atoms. The summed E-state index contributed by atoms with van der Waals surface area (Å²) in [7, 11) is 1.70. The van der Waals surface area contributed by atoms with Crippen LogP contribution < -0.4 is 5.73 Å². The molecule has 1 saturated carbocycles. The molecule has 2 N–H and O–H groups in total.